The lowest BCUT2D eigenvalue weighted by molar-refractivity contribution is 0.219. The van der Waals surface area contributed by atoms with Crippen molar-refractivity contribution < 1.29 is 13.9 Å². The van der Waals surface area contributed by atoms with Gasteiger partial charge in [0.2, 0.25) is 0 Å². The van der Waals surface area contributed by atoms with E-state index in [9.17, 15) is 13.9 Å². The number of hydrogen-bond donors (Lipinski definition) is 1. The van der Waals surface area contributed by atoms with Crippen molar-refractivity contribution in [3.05, 3.63) is 68.2 Å². The number of aryl methyl sites for hydroxylation is 1. The van der Waals surface area contributed by atoms with E-state index in [1.165, 1.54) is 0 Å². The van der Waals surface area contributed by atoms with E-state index in [1.807, 2.05) is 13.0 Å². The molecule has 2 rings (SSSR count). The van der Waals surface area contributed by atoms with Crippen LogP contribution in [0.3, 0.4) is 0 Å². The normalized spacial score (nSPS) is 12.5. The van der Waals surface area contributed by atoms with Gasteiger partial charge >= 0.3 is 0 Å². The maximum Gasteiger partial charge on any atom is 0.160 e. The molecule has 0 fully saturated rings. The van der Waals surface area contributed by atoms with Gasteiger partial charge in [-0.25, -0.2) is 8.78 Å². The Labute approximate surface area is 123 Å². The molecule has 0 aromatic heterocycles. The molecule has 0 aliphatic rings. The second kappa shape index (κ2) is 5.57. The smallest absolute Gasteiger partial charge is 0.160 e. The Morgan fingerprint density at radius 3 is 2.37 bits per heavy atom. The van der Waals surface area contributed by atoms with Crippen molar-refractivity contribution in [3.63, 3.8) is 0 Å². The molecule has 0 saturated carbocycles. The van der Waals surface area contributed by atoms with Crippen LogP contribution in [-0.2, 0) is 0 Å². The zero-order chi connectivity index (χ0) is 14.2. The molecule has 0 saturated heterocycles. The van der Waals surface area contributed by atoms with Crippen LogP contribution >= 0.6 is 27.5 Å². The van der Waals surface area contributed by atoms with Crippen LogP contribution in [0.15, 0.2) is 34.8 Å². The highest BCUT2D eigenvalue weighted by atomic mass is 79.9. The molecular formula is C14H10BrClF2O. The molecule has 0 heterocycles. The molecule has 1 unspecified atom stereocenters. The average Bonchev–Trinajstić information content (AvgIpc) is 2.33. The van der Waals surface area contributed by atoms with E-state index in [-0.39, 0.29) is 10.6 Å². The van der Waals surface area contributed by atoms with Gasteiger partial charge in [-0.3, -0.25) is 0 Å². The Morgan fingerprint density at radius 2 is 1.74 bits per heavy atom. The van der Waals surface area contributed by atoms with E-state index in [2.05, 4.69) is 15.9 Å². The second-order valence-corrected chi connectivity index (χ2v) is 5.51. The lowest BCUT2D eigenvalue weighted by Crippen LogP contribution is -2.04. The second-order valence-electron chi connectivity index (χ2n) is 4.19. The third-order valence-corrected chi connectivity index (χ3v) is 3.68. The summed E-state index contributed by atoms with van der Waals surface area (Å²) in [5, 5.41) is 10.3. The van der Waals surface area contributed by atoms with Crippen LogP contribution < -0.4 is 0 Å². The van der Waals surface area contributed by atoms with E-state index in [0.29, 0.717) is 5.56 Å². The molecule has 1 nitrogen and oxygen atoms in total. The van der Waals surface area contributed by atoms with Crippen LogP contribution in [0.2, 0.25) is 5.02 Å². The zero-order valence-electron chi connectivity index (χ0n) is 9.92. The maximum absolute atomic E-state index is 13.2. The minimum atomic E-state index is -1.10. The van der Waals surface area contributed by atoms with E-state index in [1.54, 1.807) is 12.1 Å². The van der Waals surface area contributed by atoms with Gasteiger partial charge in [0.1, 0.15) is 6.10 Å². The molecule has 1 N–H and O–H groups in total. The van der Waals surface area contributed by atoms with E-state index in [4.69, 9.17) is 11.6 Å². The summed E-state index contributed by atoms with van der Waals surface area (Å²) in [4.78, 5) is 0. The largest absolute Gasteiger partial charge is 0.384 e. The fourth-order valence-corrected chi connectivity index (χ4v) is 2.59. The van der Waals surface area contributed by atoms with Crippen LogP contribution in [0.1, 0.15) is 22.8 Å². The van der Waals surface area contributed by atoms with Crippen molar-refractivity contribution in [1.29, 1.82) is 0 Å². The minimum absolute atomic E-state index is 0.00582. The third-order valence-electron chi connectivity index (χ3n) is 2.86. The Bertz CT molecular complexity index is 631. The molecular weight excluding hydrogens is 338 g/mol. The highest BCUT2D eigenvalue weighted by Crippen LogP contribution is 2.32. The maximum atomic E-state index is 13.2. The molecule has 0 aliphatic carbocycles. The first-order chi connectivity index (χ1) is 8.90. The fraction of sp³-hybridized carbons (Fsp3) is 0.143. The molecule has 0 bridgehead atoms. The van der Waals surface area contributed by atoms with Gasteiger partial charge in [0.25, 0.3) is 0 Å². The Hall–Kier alpha value is -0.970. The monoisotopic (exact) mass is 346 g/mol. The van der Waals surface area contributed by atoms with Crippen LogP contribution in [0.25, 0.3) is 0 Å². The predicted octanol–water partition coefficient (Wildman–Crippen LogP) is 4.77. The first kappa shape index (κ1) is 14.4. The topological polar surface area (TPSA) is 20.2 Å². The van der Waals surface area contributed by atoms with Gasteiger partial charge in [-0.05, 0) is 42.3 Å². The van der Waals surface area contributed by atoms with Gasteiger partial charge in [-0.2, -0.15) is 0 Å². The van der Waals surface area contributed by atoms with Crippen molar-refractivity contribution in [2.45, 2.75) is 13.0 Å². The molecule has 0 spiro atoms. The van der Waals surface area contributed by atoms with Gasteiger partial charge in [0.15, 0.2) is 11.6 Å². The van der Waals surface area contributed by atoms with Gasteiger partial charge in [-0.1, -0.05) is 33.6 Å². The van der Waals surface area contributed by atoms with Crippen LogP contribution in [0, 0.1) is 18.6 Å². The van der Waals surface area contributed by atoms with Crippen molar-refractivity contribution in [2.75, 3.05) is 0 Å². The molecule has 1 atom stereocenters. The van der Waals surface area contributed by atoms with Crippen LogP contribution in [0.4, 0.5) is 8.78 Å². The van der Waals surface area contributed by atoms with Crippen molar-refractivity contribution in [1.82, 2.24) is 0 Å². The molecule has 0 radical (unpaired) electrons. The van der Waals surface area contributed by atoms with Crippen LogP contribution in [-0.4, -0.2) is 5.11 Å². The molecule has 0 amide bonds. The highest BCUT2D eigenvalue weighted by molar-refractivity contribution is 9.10. The summed E-state index contributed by atoms with van der Waals surface area (Å²) >= 11 is 9.17. The summed E-state index contributed by atoms with van der Waals surface area (Å²) in [6, 6.07) is 7.08. The number of halogens is 4. The lowest BCUT2D eigenvalue weighted by Gasteiger charge is -2.16. The number of hydrogen-bond acceptors (Lipinski definition) is 1. The summed E-state index contributed by atoms with van der Waals surface area (Å²) in [7, 11) is 0. The molecule has 19 heavy (non-hydrogen) atoms. The number of aliphatic hydroxyl groups excluding tert-OH is 1. The Morgan fingerprint density at radius 1 is 1.11 bits per heavy atom. The van der Waals surface area contributed by atoms with Gasteiger partial charge in [0.05, 0.1) is 0 Å². The van der Waals surface area contributed by atoms with E-state index < -0.39 is 17.7 Å². The standard InChI is InChI=1S/C14H10BrClF2O/c1-7-4-8(15)2-3-9(7)14(19)10-5-12(17)13(18)6-11(10)16/h2-6,14,19H,1H3. The molecule has 0 aliphatic heterocycles. The van der Waals surface area contributed by atoms with Crippen molar-refractivity contribution in [2.24, 2.45) is 0 Å². The zero-order valence-corrected chi connectivity index (χ0v) is 12.3. The Balaban J connectivity index is 2.49. The van der Waals surface area contributed by atoms with Gasteiger partial charge in [-0.15, -0.1) is 0 Å². The van der Waals surface area contributed by atoms with Gasteiger partial charge < -0.3 is 5.11 Å². The molecule has 100 valence electrons. The quantitative estimate of drug-likeness (QED) is 0.776. The van der Waals surface area contributed by atoms with Crippen molar-refractivity contribution >= 4 is 27.5 Å². The van der Waals surface area contributed by atoms with Gasteiger partial charge in [0, 0.05) is 15.1 Å². The molecule has 5 heteroatoms. The predicted molar refractivity (Wildman–Crippen MR) is 74.3 cm³/mol. The summed E-state index contributed by atoms with van der Waals surface area (Å²) in [6.45, 7) is 1.82. The first-order valence-corrected chi connectivity index (χ1v) is 6.66. The average molecular weight is 348 g/mol. The fourth-order valence-electron chi connectivity index (χ4n) is 1.86. The number of benzene rings is 2. The van der Waals surface area contributed by atoms with Crippen LogP contribution in [0.5, 0.6) is 0 Å². The first-order valence-electron chi connectivity index (χ1n) is 5.48. The number of rotatable bonds is 2. The highest BCUT2D eigenvalue weighted by Gasteiger charge is 2.18. The SMILES string of the molecule is Cc1cc(Br)ccc1C(O)c1cc(F)c(F)cc1Cl. The summed E-state index contributed by atoms with van der Waals surface area (Å²) in [5.41, 5.74) is 1.56. The van der Waals surface area contributed by atoms with E-state index in [0.717, 1.165) is 22.2 Å². The lowest BCUT2D eigenvalue weighted by atomic mass is 9.97. The summed E-state index contributed by atoms with van der Waals surface area (Å²) in [5.74, 6) is -2.07. The summed E-state index contributed by atoms with van der Waals surface area (Å²) in [6.07, 6.45) is -1.10. The van der Waals surface area contributed by atoms with Crippen molar-refractivity contribution in [3.8, 4) is 0 Å². The minimum Gasteiger partial charge on any atom is -0.384 e. The Kier molecular flexibility index (Phi) is 4.23. The number of aliphatic hydroxyl groups is 1. The molecule has 2 aromatic carbocycles. The third kappa shape index (κ3) is 2.96. The summed E-state index contributed by atoms with van der Waals surface area (Å²) < 4.78 is 27.1. The van der Waals surface area contributed by atoms with E-state index >= 15 is 0 Å². The molecule has 2 aromatic rings.